The number of pyridine rings is 1. The van der Waals surface area contributed by atoms with Crippen LogP contribution in [-0.4, -0.2) is 43.8 Å². The molecule has 2 heterocycles. The number of nitrogens with zero attached hydrogens (tertiary/aromatic N) is 1. The van der Waals surface area contributed by atoms with Crippen LogP contribution in [0.25, 0.3) is 22.4 Å². The van der Waals surface area contributed by atoms with Crippen molar-refractivity contribution in [2.75, 3.05) is 24.1 Å². The Hall–Kier alpha value is -2.91. The van der Waals surface area contributed by atoms with Gasteiger partial charge in [0.15, 0.2) is 0 Å². The van der Waals surface area contributed by atoms with Crippen molar-refractivity contribution >= 4 is 32.8 Å². The number of furan rings is 1. The average Bonchev–Trinajstić information content (AvgIpc) is 3.56. The minimum atomic E-state index is -3.61. The number of carbonyl (C=O) groups is 1. The smallest absolute Gasteiger partial charge is 0.255 e. The van der Waals surface area contributed by atoms with Gasteiger partial charge in [0.05, 0.1) is 16.7 Å². The molecule has 1 aliphatic rings. The van der Waals surface area contributed by atoms with Crippen LogP contribution in [0.5, 0.6) is 0 Å². The predicted molar refractivity (Wildman–Crippen MR) is 128 cm³/mol. The highest BCUT2D eigenvalue weighted by molar-refractivity contribution is 7.92. The molecule has 0 radical (unpaired) electrons. The quantitative estimate of drug-likeness (QED) is 0.385. The van der Waals surface area contributed by atoms with Gasteiger partial charge >= 0.3 is 0 Å². The number of hydrogen-bond acceptors (Lipinski definition) is 6. The summed E-state index contributed by atoms with van der Waals surface area (Å²) in [5, 5.41) is 12.1. The third-order valence-corrected chi connectivity index (χ3v) is 7.15. The van der Waals surface area contributed by atoms with Gasteiger partial charge in [-0.1, -0.05) is 36.2 Å². The summed E-state index contributed by atoms with van der Waals surface area (Å²) in [7, 11) is -2.04. The maximum absolute atomic E-state index is 12.8. The highest BCUT2D eigenvalue weighted by Gasteiger charge is 2.31. The molecule has 0 aliphatic heterocycles. The first-order chi connectivity index (χ1) is 15.8. The Balaban J connectivity index is 1.77. The summed E-state index contributed by atoms with van der Waals surface area (Å²) in [5.41, 5.74) is 3.22. The fourth-order valence-corrected chi connectivity index (χ4v) is 5.01. The minimum Gasteiger partial charge on any atom is -0.437 e. The van der Waals surface area contributed by atoms with E-state index in [-0.39, 0.29) is 35.7 Å². The molecule has 0 unspecified atom stereocenters. The van der Waals surface area contributed by atoms with Crippen LogP contribution >= 0.6 is 0 Å². The fourth-order valence-electron chi connectivity index (χ4n) is 3.86. The minimum absolute atomic E-state index is 0.0485. The van der Waals surface area contributed by atoms with Gasteiger partial charge in [0, 0.05) is 19.2 Å². The second-order valence-corrected chi connectivity index (χ2v) is 10.4. The molecule has 3 aromatic rings. The standard InChI is InChI=1S/C24H29N3O5S/c1-15-6-8-17(9-7-15)21-20(23(29)25-2)19-14-18(16-10-11-16)22(26-24(19)32-21)27-33(30,31)13-5-3-4-12-28/h6-9,14,16,28H,3-5,10-13H2,1-2H3,(H,25,29)(H,26,27). The summed E-state index contributed by atoms with van der Waals surface area (Å²) in [5.74, 6) is 0.532. The van der Waals surface area contributed by atoms with Gasteiger partial charge in [0.2, 0.25) is 15.7 Å². The lowest BCUT2D eigenvalue weighted by molar-refractivity contribution is 0.0964. The molecule has 1 aromatic carbocycles. The van der Waals surface area contributed by atoms with Crippen molar-refractivity contribution < 1.29 is 22.7 Å². The zero-order valence-electron chi connectivity index (χ0n) is 18.8. The van der Waals surface area contributed by atoms with Crippen LogP contribution in [0.1, 0.15) is 59.5 Å². The van der Waals surface area contributed by atoms with E-state index >= 15 is 0 Å². The Labute approximate surface area is 193 Å². The lowest BCUT2D eigenvalue weighted by Gasteiger charge is -2.11. The highest BCUT2D eigenvalue weighted by Crippen LogP contribution is 2.45. The zero-order valence-corrected chi connectivity index (χ0v) is 19.7. The molecular weight excluding hydrogens is 442 g/mol. The number of aliphatic hydroxyl groups is 1. The first kappa shape index (κ1) is 23.3. The van der Waals surface area contributed by atoms with E-state index < -0.39 is 10.0 Å². The van der Waals surface area contributed by atoms with Crippen LogP contribution in [0.15, 0.2) is 34.7 Å². The van der Waals surface area contributed by atoms with Gasteiger partial charge in [0.25, 0.3) is 5.91 Å². The number of aromatic nitrogens is 1. The van der Waals surface area contributed by atoms with Gasteiger partial charge in [0.1, 0.15) is 11.6 Å². The normalized spacial score (nSPS) is 13.9. The molecule has 0 bridgehead atoms. The van der Waals surface area contributed by atoms with Gasteiger partial charge in [-0.2, -0.15) is 4.98 Å². The van der Waals surface area contributed by atoms with Crippen molar-refractivity contribution in [2.45, 2.75) is 44.9 Å². The molecule has 1 saturated carbocycles. The number of sulfonamides is 1. The maximum atomic E-state index is 12.8. The van der Waals surface area contributed by atoms with Gasteiger partial charge in [-0.25, -0.2) is 8.42 Å². The van der Waals surface area contributed by atoms with Crippen molar-refractivity contribution in [3.05, 3.63) is 47.0 Å². The van der Waals surface area contributed by atoms with E-state index in [1.807, 2.05) is 37.3 Å². The largest absolute Gasteiger partial charge is 0.437 e. The van der Waals surface area contributed by atoms with Crippen molar-refractivity contribution in [1.29, 1.82) is 0 Å². The van der Waals surface area contributed by atoms with E-state index in [2.05, 4.69) is 15.0 Å². The Kier molecular flexibility index (Phi) is 6.71. The average molecular weight is 472 g/mol. The number of aryl methyl sites for hydroxylation is 1. The molecule has 9 heteroatoms. The predicted octanol–water partition coefficient (Wildman–Crippen LogP) is 3.94. The topological polar surface area (TPSA) is 122 Å². The highest BCUT2D eigenvalue weighted by atomic mass is 32.2. The van der Waals surface area contributed by atoms with E-state index in [0.717, 1.165) is 29.5 Å². The number of unbranched alkanes of at least 4 members (excludes halogenated alkanes) is 2. The molecule has 0 atom stereocenters. The second-order valence-electron chi connectivity index (χ2n) is 8.51. The second kappa shape index (κ2) is 9.52. The summed E-state index contributed by atoms with van der Waals surface area (Å²) >= 11 is 0. The van der Waals surface area contributed by atoms with E-state index in [1.165, 1.54) is 0 Å². The lowest BCUT2D eigenvalue weighted by atomic mass is 10.0. The lowest BCUT2D eigenvalue weighted by Crippen LogP contribution is -2.19. The number of aliphatic hydroxyl groups excluding tert-OH is 1. The van der Waals surface area contributed by atoms with E-state index in [9.17, 15) is 13.2 Å². The van der Waals surface area contributed by atoms with Crippen LogP contribution < -0.4 is 10.0 Å². The van der Waals surface area contributed by atoms with Crippen LogP contribution in [0.3, 0.4) is 0 Å². The van der Waals surface area contributed by atoms with Crippen molar-refractivity contribution in [2.24, 2.45) is 0 Å². The maximum Gasteiger partial charge on any atom is 0.255 e. The molecule has 0 spiro atoms. The number of carbonyl (C=O) groups excluding carboxylic acids is 1. The third kappa shape index (κ3) is 5.20. The zero-order chi connectivity index (χ0) is 23.6. The Morgan fingerprint density at radius 2 is 1.91 bits per heavy atom. The number of anilines is 1. The van der Waals surface area contributed by atoms with E-state index in [4.69, 9.17) is 9.52 Å². The van der Waals surface area contributed by atoms with Crippen LogP contribution in [0, 0.1) is 6.92 Å². The van der Waals surface area contributed by atoms with Gasteiger partial charge in [-0.15, -0.1) is 0 Å². The Bertz CT molecular complexity index is 1260. The third-order valence-electron chi connectivity index (χ3n) is 5.82. The van der Waals surface area contributed by atoms with Crippen molar-refractivity contribution in [3.8, 4) is 11.3 Å². The molecule has 0 saturated heterocycles. The van der Waals surface area contributed by atoms with Gasteiger partial charge < -0.3 is 14.8 Å². The summed E-state index contributed by atoms with van der Waals surface area (Å²) in [6, 6.07) is 9.50. The van der Waals surface area contributed by atoms with Crippen molar-refractivity contribution in [1.82, 2.24) is 10.3 Å². The SMILES string of the molecule is CNC(=O)c1c(-c2ccc(C)cc2)oc2nc(NS(=O)(=O)CCCCCO)c(C3CC3)cc12. The van der Waals surface area contributed by atoms with E-state index in [1.54, 1.807) is 7.05 Å². The number of nitrogens with one attached hydrogen (secondary N) is 2. The molecule has 2 aromatic heterocycles. The van der Waals surface area contributed by atoms with Crippen molar-refractivity contribution in [3.63, 3.8) is 0 Å². The number of fused-ring (bicyclic) bond motifs is 1. The Morgan fingerprint density at radius 1 is 1.18 bits per heavy atom. The molecule has 4 rings (SSSR count). The Morgan fingerprint density at radius 3 is 2.55 bits per heavy atom. The molecule has 33 heavy (non-hydrogen) atoms. The summed E-state index contributed by atoms with van der Waals surface area (Å²) < 4.78 is 34.0. The first-order valence-electron chi connectivity index (χ1n) is 11.2. The number of rotatable bonds is 10. The molecule has 1 fully saturated rings. The molecular formula is C24H29N3O5S. The number of benzene rings is 1. The van der Waals surface area contributed by atoms with E-state index in [0.29, 0.717) is 36.0 Å². The molecule has 3 N–H and O–H groups in total. The summed E-state index contributed by atoms with van der Waals surface area (Å²) in [4.78, 5) is 17.3. The number of hydrogen-bond donors (Lipinski definition) is 3. The first-order valence-corrected chi connectivity index (χ1v) is 12.9. The number of amides is 1. The monoisotopic (exact) mass is 471 g/mol. The van der Waals surface area contributed by atoms with Gasteiger partial charge in [-0.3, -0.25) is 9.52 Å². The molecule has 1 aliphatic carbocycles. The molecule has 8 nitrogen and oxygen atoms in total. The summed E-state index contributed by atoms with van der Waals surface area (Å²) in [6.45, 7) is 2.03. The molecule has 176 valence electrons. The fraction of sp³-hybridized carbons (Fsp3) is 0.417. The van der Waals surface area contributed by atoms with Crippen LogP contribution in [-0.2, 0) is 10.0 Å². The van der Waals surface area contributed by atoms with Crippen LogP contribution in [0.4, 0.5) is 5.82 Å². The summed E-state index contributed by atoms with van der Waals surface area (Å²) in [6.07, 6.45) is 3.54. The van der Waals surface area contributed by atoms with Crippen LogP contribution in [0.2, 0.25) is 0 Å². The molecule has 1 amide bonds. The van der Waals surface area contributed by atoms with Gasteiger partial charge in [-0.05, 0) is 50.2 Å².